The van der Waals surface area contributed by atoms with Crippen LogP contribution in [0.2, 0.25) is 0 Å². The Labute approximate surface area is 133 Å². The number of rotatable bonds is 4. The smallest absolute Gasteiger partial charge is 0.195 e. The molecule has 22 heavy (non-hydrogen) atoms. The van der Waals surface area contributed by atoms with Crippen LogP contribution in [0.15, 0.2) is 48.7 Å². The second-order valence-corrected chi connectivity index (χ2v) is 5.98. The van der Waals surface area contributed by atoms with Crippen LogP contribution in [0.5, 0.6) is 0 Å². The molecule has 0 aliphatic carbocycles. The molecule has 0 atom stereocenters. The third-order valence-electron chi connectivity index (χ3n) is 3.62. The second kappa shape index (κ2) is 6.61. The van der Waals surface area contributed by atoms with E-state index in [1.807, 2.05) is 69.4 Å². The molecule has 0 heterocycles. The lowest BCUT2D eigenvalue weighted by molar-refractivity contribution is 0.105. The molecule has 114 valence electrons. The Morgan fingerprint density at radius 2 is 1.50 bits per heavy atom. The van der Waals surface area contributed by atoms with Crippen LogP contribution >= 0.6 is 0 Å². The Morgan fingerprint density at radius 1 is 0.955 bits per heavy atom. The lowest BCUT2D eigenvalue weighted by Gasteiger charge is -2.15. The first kappa shape index (κ1) is 16.0. The quantitative estimate of drug-likeness (QED) is 0.615. The van der Waals surface area contributed by atoms with E-state index in [0.29, 0.717) is 0 Å². The summed E-state index contributed by atoms with van der Waals surface area (Å²) >= 11 is 0. The van der Waals surface area contributed by atoms with Gasteiger partial charge in [-0.05, 0) is 37.5 Å². The summed E-state index contributed by atoms with van der Waals surface area (Å²) in [5.41, 5.74) is 5.72. The first-order valence-corrected chi connectivity index (χ1v) is 7.46. The van der Waals surface area contributed by atoms with E-state index in [-0.39, 0.29) is 5.78 Å². The van der Waals surface area contributed by atoms with Gasteiger partial charge in [-0.3, -0.25) is 4.79 Å². The van der Waals surface area contributed by atoms with Gasteiger partial charge in [0, 0.05) is 31.4 Å². The van der Waals surface area contributed by atoms with Crippen molar-refractivity contribution in [1.29, 1.82) is 0 Å². The highest BCUT2D eigenvalue weighted by Gasteiger charge is 2.19. The van der Waals surface area contributed by atoms with Gasteiger partial charge in [-0.25, -0.2) is 0 Å². The van der Waals surface area contributed by atoms with Crippen molar-refractivity contribution in [3.8, 4) is 0 Å². The standard InChI is InChI=1S/C20H23NO/c1-14-11-15(2)19(16(3)12-14)20(22)18(13-21(4)5)17-9-7-6-8-10-17/h6-13H,1-5H3/b18-13+. The molecule has 2 aromatic rings. The van der Waals surface area contributed by atoms with Crippen LogP contribution in [0.4, 0.5) is 0 Å². The van der Waals surface area contributed by atoms with Crippen LogP contribution in [0, 0.1) is 20.8 Å². The van der Waals surface area contributed by atoms with E-state index in [0.717, 1.165) is 27.8 Å². The number of benzene rings is 2. The Hall–Kier alpha value is -2.35. The zero-order valence-electron chi connectivity index (χ0n) is 14.0. The molecule has 0 amide bonds. The van der Waals surface area contributed by atoms with Crippen LogP contribution in [-0.2, 0) is 0 Å². The number of nitrogens with zero attached hydrogens (tertiary/aromatic N) is 1. The largest absolute Gasteiger partial charge is 0.383 e. The average Bonchev–Trinajstić information content (AvgIpc) is 2.44. The molecule has 2 rings (SSSR count). The maximum absolute atomic E-state index is 13.1. The lowest BCUT2D eigenvalue weighted by atomic mass is 9.90. The van der Waals surface area contributed by atoms with E-state index in [1.165, 1.54) is 5.56 Å². The number of hydrogen-bond donors (Lipinski definition) is 0. The van der Waals surface area contributed by atoms with E-state index in [1.54, 1.807) is 0 Å². The van der Waals surface area contributed by atoms with Crippen molar-refractivity contribution in [2.75, 3.05) is 14.1 Å². The van der Waals surface area contributed by atoms with Gasteiger partial charge >= 0.3 is 0 Å². The van der Waals surface area contributed by atoms with Gasteiger partial charge < -0.3 is 4.90 Å². The predicted octanol–water partition coefficient (Wildman–Crippen LogP) is 4.40. The van der Waals surface area contributed by atoms with E-state index < -0.39 is 0 Å². The zero-order valence-corrected chi connectivity index (χ0v) is 14.0. The maximum atomic E-state index is 13.1. The summed E-state index contributed by atoms with van der Waals surface area (Å²) in [7, 11) is 3.87. The first-order valence-electron chi connectivity index (χ1n) is 7.46. The number of carbonyl (C=O) groups excluding carboxylic acids is 1. The van der Waals surface area contributed by atoms with Crippen molar-refractivity contribution < 1.29 is 4.79 Å². The lowest BCUT2D eigenvalue weighted by Crippen LogP contribution is -2.12. The van der Waals surface area contributed by atoms with Crippen molar-refractivity contribution in [3.63, 3.8) is 0 Å². The highest BCUT2D eigenvalue weighted by Crippen LogP contribution is 2.25. The molecule has 0 fully saturated rings. The Bertz CT molecular complexity index is 689. The third kappa shape index (κ3) is 3.45. The molecule has 0 saturated carbocycles. The molecular weight excluding hydrogens is 270 g/mol. The SMILES string of the molecule is Cc1cc(C)c(C(=O)/C(=C/N(C)C)c2ccccc2)c(C)c1. The van der Waals surface area contributed by atoms with Crippen LogP contribution in [0.25, 0.3) is 5.57 Å². The summed E-state index contributed by atoms with van der Waals surface area (Å²) in [5.74, 6) is 0.0786. The summed E-state index contributed by atoms with van der Waals surface area (Å²) in [4.78, 5) is 15.1. The maximum Gasteiger partial charge on any atom is 0.195 e. The summed E-state index contributed by atoms with van der Waals surface area (Å²) in [6.07, 6.45) is 1.90. The molecule has 2 nitrogen and oxygen atoms in total. The molecule has 0 saturated heterocycles. The molecule has 0 unspecified atom stereocenters. The molecule has 2 aromatic carbocycles. The summed E-state index contributed by atoms with van der Waals surface area (Å²) in [6.45, 7) is 6.07. The predicted molar refractivity (Wildman–Crippen MR) is 93.1 cm³/mol. The second-order valence-electron chi connectivity index (χ2n) is 5.98. The molecule has 0 bridgehead atoms. The van der Waals surface area contributed by atoms with Gasteiger partial charge in [0.05, 0.1) is 0 Å². The van der Waals surface area contributed by atoms with Crippen molar-refractivity contribution in [2.45, 2.75) is 20.8 Å². The fourth-order valence-corrected chi connectivity index (χ4v) is 2.81. The molecular formula is C20H23NO. The van der Waals surface area contributed by atoms with E-state index >= 15 is 0 Å². The molecule has 0 radical (unpaired) electrons. The number of Topliss-reactive ketones (excluding diaryl/α,β-unsaturated/α-hetero) is 1. The van der Waals surface area contributed by atoms with Crippen molar-refractivity contribution in [3.05, 3.63) is 76.5 Å². The minimum atomic E-state index is 0.0786. The topological polar surface area (TPSA) is 20.3 Å². The van der Waals surface area contributed by atoms with Gasteiger partial charge in [-0.15, -0.1) is 0 Å². The summed E-state index contributed by atoms with van der Waals surface area (Å²) < 4.78 is 0. The van der Waals surface area contributed by atoms with Gasteiger partial charge in [0.1, 0.15) is 0 Å². The van der Waals surface area contributed by atoms with E-state index in [4.69, 9.17) is 0 Å². The Balaban J connectivity index is 2.57. The zero-order chi connectivity index (χ0) is 16.3. The highest BCUT2D eigenvalue weighted by atomic mass is 16.1. The fourth-order valence-electron chi connectivity index (χ4n) is 2.81. The van der Waals surface area contributed by atoms with Crippen LogP contribution in [0.3, 0.4) is 0 Å². The minimum Gasteiger partial charge on any atom is -0.383 e. The number of allylic oxidation sites excluding steroid dienone is 1. The van der Waals surface area contributed by atoms with Crippen molar-refractivity contribution in [1.82, 2.24) is 4.90 Å². The minimum absolute atomic E-state index is 0.0786. The molecule has 0 N–H and O–H groups in total. The van der Waals surface area contributed by atoms with Crippen LogP contribution in [-0.4, -0.2) is 24.8 Å². The molecule has 2 heteroatoms. The first-order chi connectivity index (χ1) is 10.4. The van der Waals surface area contributed by atoms with Gasteiger partial charge in [-0.2, -0.15) is 0 Å². The van der Waals surface area contributed by atoms with Crippen LogP contribution in [0.1, 0.15) is 32.6 Å². The monoisotopic (exact) mass is 293 g/mol. The molecule has 0 spiro atoms. The number of hydrogen-bond acceptors (Lipinski definition) is 2. The Morgan fingerprint density at radius 3 is 2.00 bits per heavy atom. The number of carbonyl (C=O) groups is 1. The normalized spacial score (nSPS) is 11.4. The van der Waals surface area contributed by atoms with Gasteiger partial charge in [-0.1, -0.05) is 48.0 Å². The fraction of sp³-hybridized carbons (Fsp3) is 0.250. The van der Waals surface area contributed by atoms with Gasteiger partial charge in [0.25, 0.3) is 0 Å². The molecule has 0 aliphatic heterocycles. The molecule has 0 aromatic heterocycles. The van der Waals surface area contributed by atoms with Gasteiger partial charge in [0.2, 0.25) is 0 Å². The van der Waals surface area contributed by atoms with Crippen molar-refractivity contribution in [2.24, 2.45) is 0 Å². The van der Waals surface area contributed by atoms with Crippen molar-refractivity contribution >= 4 is 11.4 Å². The Kier molecular flexibility index (Phi) is 4.81. The van der Waals surface area contributed by atoms with Crippen LogP contribution < -0.4 is 0 Å². The van der Waals surface area contributed by atoms with E-state index in [9.17, 15) is 4.79 Å². The number of ketones is 1. The number of aryl methyl sites for hydroxylation is 3. The summed E-state index contributed by atoms with van der Waals surface area (Å²) in [5, 5.41) is 0. The van der Waals surface area contributed by atoms with E-state index in [2.05, 4.69) is 19.1 Å². The molecule has 0 aliphatic rings. The third-order valence-corrected chi connectivity index (χ3v) is 3.62. The van der Waals surface area contributed by atoms with Gasteiger partial charge in [0.15, 0.2) is 5.78 Å². The summed E-state index contributed by atoms with van der Waals surface area (Å²) in [6, 6.07) is 14.0. The average molecular weight is 293 g/mol. The highest BCUT2D eigenvalue weighted by molar-refractivity contribution is 6.29.